The second-order valence-corrected chi connectivity index (χ2v) is 5.94. The van der Waals surface area contributed by atoms with E-state index in [0.29, 0.717) is 24.5 Å². The fourth-order valence-corrected chi connectivity index (χ4v) is 2.87. The number of amides is 1. The zero-order valence-corrected chi connectivity index (χ0v) is 13.5. The summed E-state index contributed by atoms with van der Waals surface area (Å²) in [5, 5.41) is 9.76. The maximum absolute atomic E-state index is 11.9. The van der Waals surface area contributed by atoms with E-state index in [2.05, 4.69) is 15.4 Å². The van der Waals surface area contributed by atoms with Gasteiger partial charge < -0.3 is 11.1 Å². The Kier molecular flexibility index (Phi) is 4.95. The first-order valence-electron chi connectivity index (χ1n) is 6.93. The molecule has 114 valence electrons. The summed E-state index contributed by atoms with van der Waals surface area (Å²) < 4.78 is 1.86. The van der Waals surface area contributed by atoms with Gasteiger partial charge in [-0.15, -0.1) is 11.3 Å². The van der Waals surface area contributed by atoms with E-state index in [1.165, 1.54) is 16.9 Å². The highest BCUT2D eigenvalue weighted by atomic mass is 32.1. The number of carbonyl (C=O) groups is 1. The molecule has 0 aliphatic carbocycles. The molecule has 2 aromatic rings. The standard InChI is InChI=1S/C14H21N5OS/c1-9-12(10(2)19(3)18-9)4-5-13(20)16-7-6-11-8-21-14(15)17-11/h8H,4-7H2,1-3H3,(H2,15,17)(H,16,20). The zero-order chi connectivity index (χ0) is 15.4. The molecule has 0 aliphatic rings. The van der Waals surface area contributed by atoms with Crippen LogP contribution in [0, 0.1) is 13.8 Å². The summed E-state index contributed by atoms with van der Waals surface area (Å²) in [5.41, 5.74) is 9.78. The maximum atomic E-state index is 11.9. The quantitative estimate of drug-likeness (QED) is 0.844. The lowest BCUT2D eigenvalue weighted by Crippen LogP contribution is -2.26. The van der Waals surface area contributed by atoms with Crippen molar-refractivity contribution in [2.45, 2.75) is 33.1 Å². The van der Waals surface area contributed by atoms with Crippen molar-refractivity contribution < 1.29 is 4.79 Å². The number of carbonyl (C=O) groups excluding carboxylic acids is 1. The number of nitrogen functional groups attached to an aromatic ring is 1. The molecule has 7 heteroatoms. The number of aryl methyl sites for hydroxylation is 2. The largest absolute Gasteiger partial charge is 0.375 e. The topological polar surface area (TPSA) is 85.8 Å². The Balaban J connectivity index is 1.75. The van der Waals surface area contributed by atoms with E-state index in [1.807, 2.05) is 31.0 Å². The van der Waals surface area contributed by atoms with Crippen LogP contribution in [0.2, 0.25) is 0 Å². The lowest BCUT2D eigenvalue weighted by Gasteiger charge is -2.05. The van der Waals surface area contributed by atoms with Gasteiger partial charge >= 0.3 is 0 Å². The van der Waals surface area contributed by atoms with Crippen molar-refractivity contribution >= 4 is 22.4 Å². The van der Waals surface area contributed by atoms with Crippen molar-refractivity contribution in [3.63, 3.8) is 0 Å². The van der Waals surface area contributed by atoms with Crippen LogP contribution in [0.5, 0.6) is 0 Å². The number of hydrogen-bond donors (Lipinski definition) is 2. The molecule has 3 N–H and O–H groups in total. The number of thiazole rings is 1. The lowest BCUT2D eigenvalue weighted by atomic mass is 10.1. The summed E-state index contributed by atoms with van der Waals surface area (Å²) in [6.45, 7) is 4.60. The Hall–Kier alpha value is -1.89. The van der Waals surface area contributed by atoms with Gasteiger partial charge in [-0.05, 0) is 25.8 Å². The predicted molar refractivity (Wildman–Crippen MR) is 84.2 cm³/mol. The molecule has 0 radical (unpaired) electrons. The number of rotatable bonds is 6. The molecule has 2 aromatic heterocycles. The van der Waals surface area contributed by atoms with Crippen molar-refractivity contribution in [3.05, 3.63) is 28.0 Å². The fourth-order valence-electron chi connectivity index (χ4n) is 2.27. The number of nitrogens with zero attached hydrogens (tertiary/aromatic N) is 3. The zero-order valence-electron chi connectivity index (χ0n) is 12.6. The third kappa shape index (κ3) is 4.04. The Morgan fingerprint density at radius 2 is 2.19 bits per heavy atom. The molecule has 21 heavy (non-hydrogen) atoms. The monoisotopic (exact) mass is 307 g/mol. The molecule has 2 heterocycles. The smallest absolute Gasteiger partial charge is 0.220 e. The van der Waals surface area contributed by atoms with E-state index in [1.54, 1.807) is 0 Å². The molecular formula is C14H21N5OS. The van der Waals surface area contributed by atoms with Crippen LogP contribution in [0.15, 0.2) is 5.38 Å². The summed E-state index contributed by atoms with van der Waals surface area (Å²) in [4.78, 5) is 16.0. The van der Waals surface area contributed by atoms with E-state index >= 15 is 0 Å². The van der Waals surface area contributed by atoms with Crippen LogP contribution in [-0.4, -0.2) is 27.2 Å². The van der Waals surface area contributed by atoms with Gasteiger partial charge in [0.2, 0.25) is 5.91 Å². The number of anilines is 1. The molecule has 6 nitrogen and oxygen atoms in total. The molecule has 2 rings (SSSR count). The van der Waals surface area contributed by atoms with Gasteiger partial charge in [-0.25, -0.2) is 4.98 Å². The molecule has 0 atom stereocenters. The highest BCUT2D eigenvalue weighted by molar-refractivity contribution is 7.13. The van der Waals surface area contributed by atoms with E-state index in [-0.39, 0.29) is 5.91 Å². The molecule has 0 bridgehead atoms. The van der Waals surface area contributed by atoms with Gasteiger partial charge in [0.25, 0.3) is 0 Å². The van der Waals surface area contributed by atoms with Crippen molar-refractivity contribution in [1.82, 2.24) is 20.1 Å². The van der Waals surface area contributed by atoms with Crippen molar-refractivity contribution in [3.8, 4) is 0 Å². The lowest BCUT2D eigenvalue weighted by molar-refractivity contribution is -0.121. The predicted octanol–water partition coefficient (Wildman–Crippen LogP) is 1.37. The van der Waals surface area contributed by atoms with Gasteiger partial charge in [0.15, 0.2) is 5.13 Å². The van der Waals surface area contributed by atoms with Gasteiger partial charge in [-0.2, -0.15) is 5.10 Å². The number of hydrogen-bond acceptors (Lipinski definition) is 5. The van der Waals surface area contributed by atoms with Crippen LogP contribution in [-0.2, 0) is 24.7 Å². The first-order chi connectivity index (χ1) is 9.97. The van der Waals surface area contributed by atoms with E-state index in [4.69, 9.17) is 5.73 Å². The number of nitrogens with one attached hydrogen (secondary N) is 1. The molecule has 1 amide bonds. The van der Waals surface area contributed by atoms with Crippen LogP contribution < -0.4 is 11.1 Å². The SMILES string of the molecule is Cc1nn(C)c(C)c1CCC(=O)NCCc1csc(N)n1. The molecule has 0 saturated heterocycles. The van der Waals surface area contributed by atoms with Gasteiger partial charge in [-0.3, -0.25) is 9.48 Å². The molecule has 0 fully saturated rings. The minimum Gasteiger partial charge on any atom is -0.375 e. The number of nitrogens with two attached hydrogens (primary N) is 1. The fraction of sp³-hybridized carbons (Fsp3) is 0.500. The van der Waals surface area contributed by atoms with Crippen molar-refractivity contribution in [2.75, 3.05) is 12.3 Å². The first kappa shape index (κ1) is 15.5. The highest BCUT2D eigenvalue weighted by Gasteiger charge is 2.11. The minimum atomic E-state index is 0.0563. The Bertz CT molecular complexity index is 631. The van der Waals surface area contributed by atoms with Crippen LogP contribution in [0.3, 0.4) is 0 Å². The van der Waals surface area contributed by atoms with Crippen molar-refractivity contribution in [2.24, 2.45) is 7.05 Å². The summed E-state index contributed by atoms with van der Waals surface area (Å²) in [7, 11) is 1.92. The molecule has 0 unspecified atom stereocenters. The van der Waals surface area contributed by atoms with Gasteiger partial charge in [-0.1, -0.05) is 0 Å². The average Bonchev–Trinajstić information content (AvgIpc) is 2.93. The summed E-state index contributed by atoms with van der Waals surface area (Å²) in [6.07, 6.45) is 1.91. The Morgan fingerprint density at radius 3 is 2.76 bits per heavy atom. The molecular weight excluding hydrogens is 286 g/mol. The Labute approximate surface area is 128 Å². The van der Waals surface area contributed by atoms with E-state index in [9.17, 15) is 4.79 Å². The number of aromatic nitrogens is 3. The maximum Gasteiger partial charge on any atom is 0.220 e. The normalized spacial score (nSPS) is 10.8. The van der Waals surface area contributed by atoms with Crippen LogP contribution in [0.4, 0.5) is 5.13 Å². The van der Waals surface area contributed by atoms with E-state index in [0.717, 1.165) is 23.5 Å². The molecule has 0 aliphatic heterocycles. The summed E-state index contributed by atoms with van der Waals surface area (Å²) in [6, 6.07) is 0. The van der Waals surface area contributed by atoms with Crippen molar-refractivity contribution in [1.29, 1.82) is 0 Å². The average molecular weight is 307 g/mol. The minimum absolute atomic E-state index is 0.0563. The second-order valence-electron chi connectivity index (χ2n) is 5.05. The van der Waals surface area contributed by atoms with Gasteiger partial charge in [0.05, 0.1) is 11.4 Å². The molecule has 0 spiro atoms. The Morgan fingerprint density at radius 1 is 1.43 bits per heavy atom. The molecule has 0 aromatic carbocycles. The summed E-state index contributed by atoms with van der Waals surface area (Å²) >= 11 is 1.42. The van der Waals surface area contributed by atoms with Crippen LogP contribution >= 0.6 is 11.3 Å². The third-order valence-electron chi connectivity index (χ3n) is 3.53. The van der Waals surface area contributed by atoms with Gasteiger partial charge in [0.1, 0.15) is 0 Å². The third-order valence-corrected chi connectivity index (χ3v) is 4.26. The van der Waals surface area contributed by atoms with Gasteiger partial charge in [0, 0.05) is 37.5 Å². The highest BCUT2D eigenvalue weighted by Crippen LogP contribution is 2.14. The molecule has 0 saturated carbocycles. The van der Waals surface area contributed by atoms with Crippen LogP contribution in [0.25, 0.3) is 0 Å². The first-order valence-corrected chi connectivity index (χ1v) is 7.81. The summed E-state index contributed by atoms with van der Waals surface area (Å²) in [5.74, 6) is 0.0563. The van der Waals surface area contributed by atoms with Crippen LogP contribution in [0.1, 0.15) is 29.1 Å². The van der Waals surface area contributed by atoms with E-state index < -0.39 is 0 Å². The second kappa shape index (κ2) is 6.71.